The number of halogens is 1. The summed E-state index contributed by atoms with van der Waals surface area (Å²) in [5, 5.41) is 0. The molecule has 1 N–H and O–H groups in total. The monoisotopic (exact) mass is 398 g/mol. The number of hydrogen-bond donors (Lipinski definition) is 1. The lowest BCUT2D eigenvalue weighted by Gasteiger charge is -2.31. The molecule has 8 heteroatoms. The van der Waals surface area contributed by atoms with Gasteiger partial charge in [0.05, 0.1) is 4.34 Å². The summed E-state index contributed by atoms with van der Waals surface area (Å²) in [6, 6.07) is 8.35. The van der Waals surface area contributed by atoms with Crippen molar-refractivity contribution < 1.29 is 13.2 Å². The van der Waals surface area contributed by atoms with Crippen LogP contribution in [0.4, 0.5) is 11.4 Å². The number of anilines is 2. The Hall–Kier alpha value is -1.57. The molecule has 0 radical (unpaired) electrons. The van der Waals surface area contributed by atoms with Crippen LogP contribution < -0.4 is 9.62 Å². The van der Waals surface area contributed by atoms with Crippen molar-refractivity contribution in [1.29, 1.82) is 0 Å². The maximum absolute atomic E-state index is 12.4. The number of thiophene rings is 1. The third kappa shape index (κ3) is 3.99. The normalized spacial score (nSPS) is 14.7. The molecular weight excluding hydrogens is 380 g/mol. The zero-order valence-electron chi connectivity index (χ0n) is 14.0. The Morgan fingerprint density at radius 1 is 1.24 bits per heavy atom. The molecule has 0 spiro atoms. The number of amides is 1. The second-order valence-electron chi connectivity index (χ2n) is 6.41. The van der Waals surface area contributed by atoms with E-state index in [2.05, 4.69) is 18.6 Å². The van der Waals surface area contributed by atoms with E-state index in [-0.39, 0.29) is 10.1 Å². The van der Waals surface area contributed by atoms with E-state index in [1.165, 1.54) is 6.07 Å². The van der Waals surface area contributed by atoms with Gasteiger partial charge in [-0.3, -0.25) is 9.52 Å². The van der Waals surface area contributed by atoms with Crippen LogP contribution in [-0.2, 0) is 21.2 Å². The van der Waals surface area contributed by atoms with Crippen LogP contribution in [0.1, 0.15) is 25.8 Å². The molecule has 0 bridgehead atoms. The molecule has 1 aliphatic rings. The van der Waals surface area contributed by atoms with Crippen LogP contribution in [0.5, 0.6) is 0 Å². The molecule has 2 heterocycles. The third-order valence-corrected chi connectivity index (χ3v) is 7.00. The van der Waals surface area contributed by atoms with E-state index in [1.807, 2.05) is 12.1 Å². The molecule has 2 aromatic rings. The van der Waals surface area contributed by atoms with Gasteiger partial charge in [0.2, 0.25) is 5.91 Å². The van der Waals surface area contributed by atoms with Crippen molar-refractivity contribution in [3.05, 3.63) is 40.2 Å². The molecule has 0 fully saturated rings. The first-order valence-corrected chi connectivity index (χ1v) is 10.7. The number of carbonyl (C=O) groups is 1. The van der Waals surface area contributed by atoms with Crippen LogP contribution in [0.25, 0.3) is 0 Å². The summed E-state index contributed by atoms with van der Waals surface area (Å²) in [4.78, 5) is 14.0. The molecule has 0 aliphatic carbocycles. The van der Waals surface area contributed by atoms with Crippen molar-refractivity contribution in [2.75, 3.05) is 16.2 Å². The van der Waals surface area contributed by atoms with E-state index in [1.54, 1.807) is 17.0 Å². The SMILES string of the molecule is CC(C)CN1C(=O)CCc2cc(NS(=O)(=O)c3ccc(Cl)s3)ccc21. The van der Waals surface area contributed by atoms with Crippen molar-refractivity contribution in [2.45, 2.75) is 30.9 Å². The minimum absolute atomic E-state index is 0.114. The molecule has 1 aliphatic heterocycles. The van der Waals surface area contributed by atoms with E-state index < -0.39 is 10.0 Å². The summed E-state index contributed by atoms with van der Waals surface area (Å²) in [5.74, 6) is 0.472. The number of fused-ring (bicyclic) bond motifs is 1. The number of hydrogen-bond acceptors (Lipinski definition) is 4. The molecule has 1 aromatic carbocycles. The quantitative estimate of drug-likeness (QED) is 0.823. The van der Waals surface area contributed by atoms with Gasteiger partial charge >= 0.3 is 0 Å². The highest BCUT2D eigenvalue weighted by atomic mass is 35.5. The van der Waals surface area contributed by atoms with Crippen LogP contribution in [-0.4, -0.2) is 20.9 Å². The Labute approximate surface area is 156 Å². The first-order valence-electron chi connectivity index (χ1n) is 7.98. The molecule has 0 atom stereocenters. The van der Waals surface area contributed by atoms with Crippen LogP contribution >= 0.6 is 22.9 Å². The van der Waals surface area contributed by atoms with E-state index in [0.29, 0.717) is 35.3 Å². The number of sulfonamides is 1. The zero-order chi connectivity index (χ0) is 18.2. The lowest BCUT2D eigenvalue weighted by Crippen LogP contribution is -2.37. The average Bonchev–Trinajstić information content (AvgIpc) is 2.97. The van der Waals surface area contributed by atoms with Gasteiger partial charge in [0.25, 0.3) is 10.0 Å². The highest BCUT2D eigenvalue weighted by Gasteiger charge is 2.25. The molecule has 1 aromatic heterocycles. The van der Waals surface area contributed by atoms with Crippen molar-refractivity contribution in [3.63, 3.8) is 0 Å². The summed E-state index contributed by atoms with van der Waals surface area (Å²) in [7, 11) is -3.66. The highest BCUT2D eigenvalue weighted by Crippen LogP contribution is 2.32. The molecule has 0 saturated carbocycles. The number of benzene rings is 1. The zero-order valence-corrected chi connectivity index (χ0v) is 16.3. The van der Waals surface area contributed by atoms with Crippen molar-refractivity contribution in [1.82, 2.24) is 0 Å². The first kappa shape index (κ1) is 18.2. The second kappa shape index (κ2) is 6.97. The number of nitrogens with zero attached hydrogens (tertiary/aromatic N) is 1. The average molecular weight is 399 g/mol. The molecule has 134 valence electrons. The predicted molar refractivity (Wildman–Crippen MR) is 102 cm³/mol. The van der Waals surface area contributed by atoms with Crippen LogP contribution in [0, 0.1) is 5.92 Å². The Kier molecular flexibility index (Phi) is 5.09. The molecule has 0 saturated heterocycles. The van der Waals surface area contributed by atoms with Gasteiger partial charge in [0.1, 0.15) is 4.21 Å². The minimum atomic E-state index is -3.66. The smallest absolute Gasteiger partial charge is 0.271 e. The van der Waals surface area contributed by atoms with Crippen LogP contribution in [0.3, 0.4) is 0 Å². The first-order chi connectivity index (χ1) is 11.8. The standard InChI is InChI=1S/C17H19ClN2O3S2/c1-11(2)10-20-14-5-4-13(9-12(14)3-7-16(20)21)19-25(22,23)17-8-6-15(18)24-17/h4-6,8-9,11,19H,3,7,10H2,1-2H3. The van der Waals surface area contributed by atoms with Crippen molar-refractivity contribution in [2.24, 2.45) is 5.92 Å². The van der Waals surface area contributed by atoms with E-state index in [0.717, 1.165) is 22.6 Å². The van der Waals surface area contributed by atoms with Crippen molar-refractivity contribution >= 4 is 50.2 Å². The summed E-state index contributed by atoms with van der Waals surface area (Å²) >= 11 is 6.84. The molecule has 1 amide bonds. The van der Waals surface area contributed by atoms with E-state index in [9.17, 15) is 13.2 Å². The molecule has 0 unspecified atom stereocenters. The summed E-state index contributed by atoms with van der Waals surface area (Å²) in [5.41, 5.74) is 2.33. The van der Waals surface area contributed by atoms with Crippen LogP contribution in [0.2, 0.25) is 4.34 Å². The van der Waals surface area contributed by atoms with Gasteiger partial charge in [-0.25, -0.2) is 8.42 Å². The minimum Gasteiger partial charge on any atom is -0.312 e. The summed E-state index contributed by atoms with van der Waals surface area (Å²) < 4.78 is 28.0. The van der Waals surface area contributed by atoms with Crippen LogP contribution in [0.15, 0.2) is 34.5 Å². The third-order valence-electron chi connectivity index (χ3n) is 3.89. The molecule has 25 heavy (non-hydrogen) atoms. The number of nitrogens with one attached hydrogen (secondary N) is 1. The topological polar surface area (TPSA) is 66.5 Å². The van der Waals surface area contributed by atoms with E-state index >= 15 is 0 Å². The van der Waals surface area contributed by atoms with Gasteiger partial charge in [-0.1, -0.05) is 25.4 Å². The largest absolute Gasteiger partial charge is 0.312 e. The second-order valence-corrected chi connectivity index (χ2v) is 10.0. The van der Waals surface area contributed by atoms with Crippen molar-refractivity contribution in [3.8, 4) is 0 Å². The van der Waals surface area contributed by atoms with Gasteiger partial charge in [-0.15, -0.1) is 11.3 Å². The molecule has 3 rings (SSSR count). The fourth-order valence-electron chi connectivity index (χ4n) is 2.84. The summed E-state index contributed by atoms with van der Waals surface area (Å²) in [6.45, 7) is 4.79. The Morgan fingerprint density at radius 2 is 2.00 bits per heavy atom. The molecular formula is C17H19ClN2O3S2. The van der Waals surface area contributed by atoms with Gasteiger partial charge < -0.3 is 4.90 Å². The Balaban J connectivity index is 1.87. The number of aryl methyl sites for hydroxylation is 1. The number of carbonyl (C=O) groups excluding carboxylic acids is 1. The van der Waals surface area contributed by atoms with Gasteiger partial charge in [0, 0.05) is 24.3 Å². The highest BCUT2D eigenvalue weighted by molar-refractivity contribution is 7.94. The van der Waals surface area contributed by atoms with E-state index in [4.69, 9.17) is 11.6 Å². The fourth-order valence-corrected chi connectivity index (χ4v) is 5.37. The van der Waals surface area contributed by atoms with Gasteiger partial charge in [-0.2, -0.15) is 0 Å². The number of rotatable bonds is 5. The Morgan fingerprint density at radius 3 is 2.64 bits per heavy atom. The molecule has 5 nitrogen and oxygen atoms in total. The fraction of sp³-hybridized carbons (Fsp3) is 0.353. The maximum Gasteiger partial charge on any atom is 0.271 e. The predicted octanol–water partition coefficient (Wildman–Crippen LogP) is 4.14. The van der Waals surface area contributed by atoms with Gasteiger partial charge in [-0.05, 0) is 48.2 Å². The lowest BCUT2D eigenvalue weighted by molar-refractivity contribution is -0.119. The lowest BCUT2D eigenvalue weighted by atomic mass is 9.99. The van der Waals surface area contributed by atoms with Gasteiger partial charge in [0.15, 0.2) is 0 Å². The Bertz CT molecular complexity index is 906. The summed E-state index contributed by atoms with van der Waals surface area (Å²) in [6.07, 6.45) is 1.06. The maximum atomic E-state index is 12.4.